The molecule has 1 aliphatic carbocycles. The van der Waals surface area contributed by atoms with Gasteiger partial charge in [-0.15, -0.1) is 0 Å². The van der Waals surface area contributed by atoms with E-state index in [1.54, 1.807) is 0 Å². The number of nitrogens with one attached hydrogen (secondary N) is 1. The number of rotatable bonds is 1. The maximum Gasteiger partial charge on any atom is 0.306 e. The molecule has 1 heterocycles. The van der Waals surface area contributed by atoms with Crippen molar-refractivity contribution in [3.8, 4) is 0 Å². The molecule has 0 amide bonds. The van der Waals surface area contributed by atoms with Gasteiger partial charge in [0.05, 0.1) is 12.0 Å². The largest absolute Gasteiger partial charge is 0.481 e. The van der Waals surface area contributed by atoms with Gasteiger partial charge in [0.1, 0.15) is 0 Å². The zero-order valence-corrected chi connectivity index (χ0v) is 11.0. The van der Waals surface area contributed by atoms with Gasteiger partial charge in [-0.3, -0.25) is 4.79 Å². The van der Waals surface area contributed by atoms with Crippen LogP contribution in [0.2, 0.25) is 0 Å². The first kappa shape index (κ1) is 12.2. The molecule has 0 saturated carbocycles. The van der Waals surface area contributed by atoms with Crippen molar-refractivity contribution in [2.45, 2.75) is 32.8 Å². The molecule has 1 aromatic heterocycles. The van der Waals surface area contributed by atoms with Gasteiger partial charge < -0.3 is 15.2 Å². The number of H-pyrrole nitrogens is 1. The van der Waals surface area contributed by atoms with Gasteiger partial charge in [0.25, 0.3) is 0 Å². The quantitative estimate of drug-likeness (QED) is 0.736. The molecule has 1 aromatic carbocycles. The van der Waals surface area contributed by atoms with Gasteiger partial charge >= 0.3 is 5.97 Å². The summed E-state index contributed by atoms with van der Waals surface area (Å²) < 4.78 is 0. The molecule has 0 aliphatic heterocycles. The minimum absolute atomic E-state index is 0.294. The Morgan fingerprint density at radius 2 is 2.00 bits per heavy atom. The average Bonchev–Trinajstić information content (AvgIpc) is 2.74. The number of carboxylic acids is 1. The molecule has 100 valence electrons. The summed E-state index contributed by atoms with van der Waals surface area (Å²) in [6.45, 7) is 4.04. The fourth-order valence-electron chi connectivity index (χ4n) is 3.12. The van der Waals surface area contributed by atoms with Crippen LogP contribution in [-0.2, 0) is 11.2 Å². The van der Waals surface area contributed by atoms with Gasteiger partial charge in [-0.2, -0.15) is 0 Å². The Balaban J connectivity index is 2.24. The highest BCUT2D eigenvalue weighted by molar-refractivity contribution is 5.91. The SMILES string of the molecule is Cc1ccc(C)c2c3c([nH]c12)CC(C(=O)O)CC3O. The Morgan fingerprint density at radius 3 is 2.68 bits per heavy atom. The molecule has 2 aromatic rings. The van der Waals surface area contributed by atoms with Crippen LogP contribution < -0.4 is 0 Å². The van der Waals surface area contributed by atoms with E-state index in [0.717, 1.165) is 33.3 Å². The maximum atomic E-state index is 11.1. The molecule has 0 spiro atoms. The molecule has 3 rings (SSSR count). The first-order chi connectivity index (χ1) is 8.99. The third kappa shape index (κ3) is 1.75. The second kappa shape index (κ2) is 4.10. The van der Waals surface area contributed by atoms with Crippen LogP contribution in [0.1, 0.15) is 34.9 Å². The molecule has 3 N–H and O–H groups in total. The number of aryl methyl sites for hydroxylation is 2. The molecule has 1 aliphatic rings. The number of aliphatic hydroxyl groups is 1. The van der Waals surface area contributed by atoms with Crippen LogP contribution in [0.4, 0.5) is 0 Å². The van der Waals surface area contributed by atoms with E-state index in [1.165, 1.54) is 0 Å². The summed E-state index contributed by atoms with van der Waals surface area (Å²) in [5.41, 5.74) is 5.03. The first-order valence-corrected chi connectivity index (χ1v) is 6.50. The van der Waals surface area contributed by atoms with E-state index in [-0.39, 0.29) is 0 Å². The normalized spacial score (nSPS) is 22.5. The Hall–Kier alpha value is -1.81. The van der Waals surface area contributed by atoms with Crippen molar-refractivity contribution < 1.29 is 15.0 Å². The van der Waals surface area contributed by atoms with E-state index in [4.69, 9.17) is 5.11 Å². The van der Waals surface area contributed by atoms with Crippen LogP contribution in [-0.4, -0.2) is 21.2 Å². The van der Waals surface area contributed by atoms with E-state index in [2.05, 4.69) is 4.98 Å². The number of aromatic nitrogens is 1. The zero-order chi connectivity index (χ0) is 13.7. The molecular formula is C15H17NO3. The third-order valence-corrected chi connectivity index (χ3v) is 4.13. The zero-order valence-electron chi connectivity index (χ0n) is 11.0. The Bertz CT molecular complexity index is 672. The molecule has 4 nitrogen and oxygen atoms in total. The van der Waals surface area contributed by atoms with Crippen LogP contribution in [0.15, 0.2) is 12.1 Å². The lowest BCUT2D eigenvalue weighted by Crippen LogP contribution is -2.24. The molecule has 2 unspecified atom stereocenters. The lowest BCUT2D eigenvalue weighted by atomic mass is 9.84. The minimum atomic E-state index is -0.836. The third-order valence-electron chi connectivity index (χ3n) is 4.13. The van der Waals surface area contributed by atoms with E-state index in [9.17, 15) is 9.90 Å². The number of aliphatic carboxylic acids is 1. The summed E-state index contributed by atoms with van der Waals surface area (Å²) in [6.07, 6.45) is 0.0666. The van der Waals surface area contributed by atoms with Gasteiger partial charge in [0.2, 0.25) is 0 Å². The van der Waals surface area contributed by atoms with Crippen molar-refractivity contribution in [1.82, 2.24) is 4.98 Å². The number of aromatic amines is 1. The number of benzene rings is 1. The smallest absolute Gasteiger partial charge is 0.306 e. The van der Waals surface area contributed by atoms with Crippen molar-refractivity contribution in [2.24, 2.45) is 5.92 Å². The number of aliphatic hydroxyl groups excluding tert-OH is 1. The first-order valence-electron chi connectivity index (χ1n) is 6.50. The van der Waals surface area contributed by atoms with Crippen LogP contribution in [0.25, 0.3) is 10.9 Å². The highest BCUT2D eigenvalue weighted by Gasteiger charge is 2.33. The summed E-state index contributed by atoms with van der Waals surface area (Å²) in [7, 11) is 0. The molecule has 4 heteroatoms. The van der Waals surface area contributed by atoms with Crippen LogP contribution in [0, 0.1) is 19.8 Å². The average molecular weight is 259 g/mol. The van der Waals surface area contributed by atoms with E-state index in [1.807, 2.05) is 26.0 Å². The van der Waals surface area contributed by atoms with Gasteiger partial charge in [-0.1, -0.05) is 12.1 Å². The number of hydrogen-bond acceptors (Lipinski definition) is 2. The monoisotopic (exact) mass is 259 g/mol. The molecule has 0 fully saturated rings. The topological polar surface area (TPSA) is 73.3 Å². The predicted molar refractivity (Wildman–Crippen MR) is 72.2 cm³/mol. The highest BCUT2D eigenvalue weighted by atomic mass is 16.4. The second-order valence-electron chi connectivity index (χ2n) is 5.46. The Kier molecular flexibility index (Phi) is 2.64. The van der Waals surface area contributed by atoms with Gasteiger partial charge in [0.15, 0.2) is 0 Å². The molecule has 2 atom stereocenters. The van der Waals surface area contributed by atoms with Crippen molar-refractivity contribution >= 4 is 16.9 Å². The van der Waals surface area contributed by atoms with Crippen LogP contribution in [0.5, 0.6) is 0 Å². The van der Waals surface area contributed by atoms with Crippen molar-refractivity contribution in [2.75, 3.05) is 0 Å². The Morgan fingerprint density at radius 1 is 1.32 bits per heavy atom. The number of carbonyl (C=O) groups is 1. The van der Waals surface area contributed by atoms with Crippen LogP contribution in [0.3, 0.4) is 0 Å². The Labute approximate surface area is 111 Å². The lowest BCUT2D eigenvalue weighted by molar-refractivity contribution is -0.143. The summed E-state index contributed by atoms with van der Waals surface area (Å²) in [5, 5.41) is 20.5. The molecule has 0 saturated heterocycles. The van der Waals surface area contributed by atoms with E-state index < -0.39 is 18.0 Å². The standard InChI is InChI=1S/C15H17NO3/c1-7-3-4-8(2)14-12(7)13-10(16-14)5-9(15(18)19)6-11(13)17/h3-4,9,11,16-17H,5-6H2,1-2H3,(H,18,19). The number of carboxylic acid groups (broad SMARTS) is 1. The fraction of sp³-hybridized carbons (Fsp3) is 0.400. The summed E-state index contributed by atoms with van der Waals surface area (Å²) in [6, 6.07) is 4.09. The lowest BCUT2D eigenvalue weighted by Gasteiger charge is -2.23. The van der Waals surface area contributed by atoms with Crippen LogP contribution >= 0.6 is 0 Å². The van der Waals surface area contributed by atoms with Crippen molar-refractivity contribution in [3.05, 3.63) is 34.5 Å². The molecule has 0 bridgehead atoms. The van der Waals surface area contributed by atoms with Gasteiger partial charge in [0, 0.05) is 28.6 Å². The van der Waals surface area contributed by atoms with E-state index in [0.29, 0.717) is 12.8 Å². The summed E-state index contributed by atoms with van der Waals surface area (Å²) in [4.78, 5) is 14.5. The predicted octanol–water partition coefficient (Wildman–Crippen LogP) is 2.47. The fourth-order valence-corrected chi connectivity index (χ4v) is 3.12. The van der Waals surface area contributed by atoms with E-state index >= 15 is 0 Å². The van der Waals surface area contributed by atoms with Gasteiger partial charge in [-0.25, -0.2) is 0 Å². The molecule has 19 heavy (non-hydrogen) atoms. The molecular weight excluding hydrogens is 242 g/mol. The summed E-state index contributed by atoms with van der Waals surface area (Å²) >= 11 is 0. The van der Waals surface area contributed by atoms with Crippen molar-refractivity contribution in [1.29, 1.82) is 0 Å². The maximum absolute atomic E-state index is 11.1. The highest BCUT2D eigenvalue weighted by Crippen LogP contribution is 2.40. The number of hydrogen-bond donors (Lipinski definition) is 3. The second-order valence-corrected chi connectivity index (χ2v) is 5.46. The van der Waals surface area contributed by atoms with Gasteiger partial charge in [-0.05, 0) is 31.4 Å². The minimum Gasteiger partial charge on any atom is -0.481 e. The number of fused-ring (bicyclic) bond motifs is 3. The summed E-state index contributed by atoms with van der Waals surface area (Å²) in [5.74, 6) is -1.34. The molecule has 0 radical (unpaired) electrons. The van der Waals surface area contributed by atoms with Crippen molar-refractivity contribution in [3.63, 3.8) is 0 Å².